The molecule has 0 saturated carbocycles. The van der Waals surface area contributed by atoms with Crippen LogP contribution in [-0.4, -0.2) is 80.1 Å². The number of ether oxygens (including phenoxy) is 1. The molecule has 1 saturated heterocycles. The molecule has 0 amide bonds. The van der Waals surface area contributed by atoms with Gasteiger partial charge in [0.2, 0.25) is 0 Å². The standard InChI is InChI=1S/C27H32F2N2O8/c1-2-39-16-26(8-7-17-3-5-19(28)6-4-17)9-10-31(15-26)14-18-11-20(29)13-30-23(18)22(24(34)35)27(38,25(36)37)12-21(32)33/h3-6,11,13,22,38H,2,7-10,12,14-16H2,1H3,(H,32,33)(H,34,35)(H,36,37)/t22?,26?,27-/m1/s1. The number of aromatic nitrogens is 1. The molecule has 0 bridgehead atoms. The SMILES string of the molecule is CCOCC1(CCc2ccc(F)cc2)CCN(Cc2cc(F)cnc2C(C(=O)O)[C@](O)(CC(=O)O)C(=O)O)C1. The number of aliphatic hydroxyl groups is 1. The van der Waals surface area contributed by atoms with E-state index in [0.29, 0.717) is 51.8 Å². The number of carbonyl (C=O) groups is 3. The molecule has 10 nitrogen and oxygen atoms in total. The number of likely N-dealkylation sites (tertiary alicyclic amines) is 1. The number of nitrogens with zero attached hydrogens (tertiary/aromatic N) is 2. The number of pyridine rings is 1. The van der Waals surface area contributed by atoms with Crippen molar-refractivity contribution in [2.45, 2.75) is 50.7 Å². The summed E-state index contributed by atoms with van der Waals surface area (Å²) in [5.74, 6) is -8.98. The van der Waals surface area contributed by atoms with Crippen molar-refractivity contribution in [2.24, 2.45) is 5.41 Å². The van der Waals surface area contributed by atoms with Crippen molar-refractivity contribution in [3.63, 3.8) is 0 Å². The van der Waals surface area contributed by atoms with Crippen LogP contribution in [0.5, 0.6) is 0 Å². The smallest absolute Gasteiger partial charge is 0.337 e. The Morgan fingerprint density at radius 1 is 1.15 bits per heavy atom. The van der Waals surface area contributed by atoms with Crippen molar-refractivity contribution in [1.82, 2.24) is 9.88 Å². The molecule has 3 atom stereocenters. The van der Waals surface area contributed by atoms with E-state index in [0.717, 1.165) is 11.6 Å². The predicted octanol–water partition coefficient (Wildman–Crippen LogP) is 2.68. The Balaban J connectivity index is 1.88. The van der Waals surface area contributed by atoms with E-state index in [-0.39, 0.29) is 23.3 Å². The molecule has 2 unspecified atom stereocenters. The second-order valence-electron chi connectivity index (χ2n) is 9.99. The highest BCUT2D eigenvalue weighted by molar-refractivity contribution is 5.92. The Labute approximate surface area is 223 Å². The number of carboxylic acids is 3. The van der Waals surface area contributed by atoms with E-state index in [4.69, 9.17) is 9.84 Å². The fourth-order valence-electron chi connectivity index (χ4n) is 5.13. The summed E-state index contributed by atoms with van der Waals surface area (Å²) in [6.45, 7) is 3.80. The molecule has 4 N–H and O–H groups in total. The molecule has 1 aromatic carbocycles. The number of carboxylic acid groups (broad SMARTS) is 3. The summed E-state index contributed by atoms with van der Waals surface area (Å²) in [6.07, 6.45) is 1.37. The van der Waals surface area contributed by atoms with Gasteiger partial charge in [-0.15, -0.1) is 0 Å². The first kappa shape index (κ1) is 30.1. The maximum Gasteiger partial charge on any atom is 0.337 e. The van der Waals surface area contributed by atoms with Gasteiger partial charge in [0.15, 0.2) is 5.60 Å². The average Bonchev–Trinajstić information content (AvgIpc) is 3.26. The van der Waals surface area contributed by atoms with Crippen LogP contribution in [0, 0.1) is 17.0 Å². The molecule has 2 aromatic rings. The van der Waals surface area contributed by atoms with Crippen molar-refractivity contribution in [3.8, 4) is 0 Å². The second-order valence-corrected chi connectivity index (χ2v) is 9.99. The number of rotatable bonds is 14. The Morgan fingerprint density at radius 3 is 2.44 bits per heavy atom. The first-order valence-corrected chi connectivity index (χ1v) is 12.5. The quantitative estimate of drug-likeness (QED) is 0.276. The van der Waals surface area contributed by atoms with Crippen molar-refractivity contribution in [3.05, 3.63) is 65.0 Å². The lowest BCUT2D eigenvalue weighted by Crippen LogP contribution is -2.50. The lowest BCUT2D eigenvalue weighted by Gasteiger charge is -2.31. The van der Waals surface area contributed by atoms with Gasteiger partial charge in [0.25, 0.3) is 0 Å². The zero-order chi connectivity index (χ0) is 28.8. The van der Waals surface area contributed by atoms with Gasteiger partial charge in [-0.05, 0) is 62.1 Å². The van der Waals surface area contributed by atoms with Gasteiger partial charge in [-0.25, -0.2) is 13.6 Å². The van der Waals surface area contributed by atoms with Crippen LogP contribution in [0.3, 0.4) is 0 Å². The highest BCUT2D eigenvalue weighted by Crippen LogP contribution is 2.38. The monoisotopic (exact) mass is 550 g/mol. The van der Waals surface area contributed by atoms with E-state index >= 15 is 0 Å². The van der Waals surface area contributed by atoms with Crippen LogP contribution in [0.2, 0.25) is 0 Å². The zero-order valence-electron chi connectivity index (χ0n) is 21.5. The summed E-state index contributed by atoms with van der Waals surface area (Å²) in [6, 6.07) is 7.24. The summed E-state index contributed by atoms with van der Waals surface area (Å²) in [5, 5.41) is 39.3. The Bertz CT molecular complexity index is 1190. The molecule has 1 aliphatic heterocycles. The first-order chi connectivity index (χ1) is 18.4. The molecule has 0 aliphatic carbocycles. The fraction of sp³-hybridized carbons (Fsp3) is 0.481. The molecule has 2 heterocycles. The van der Waals surface area contributed by atoms with Crippen molar-refractivity contribution in [1.29, 1.82) is 0 Å². The second kappa shape index (κ2) is 12.6. The normalized spacial score (nSPS) is 19.9. The number of halogens is 2. The maximum atomic E-state index is 14.3. The third-order valence-corrected chi connectivity index (χ3v) is 7.14. The third-order valence-electron chi connectivity index (χ3n) is 7.14. The van der Waals surface area contributed by atoms with Crippen LogP contribution in [0.4, 0.5) is 8.78 Å². The van der Waals surface area contributed by atoms with E-state index in [1.165, 1.54) is 12.1 Å². The molecule has 3 rings (SSSR count). The fourth-order valence-corrected chi connectivity index (χ4v) is 5.13. The van der Waals surface area contributed by atoms with Gasteiger partial charge >= 0.3 is 17.9 Å². The summed E-state index contributed by atoms with van der Waals surface area (Å²) >= 11 is 0. The highest BCUT2D eigenvalue weighted by Gasteiger charge is 2.52. The highest BCUT2D eigenvalue weighted by atomic mass is 19.1. The zero-order valence-corrected chi connectivity index (χ0v) is 21.5. The largest absolute Gasteiger partial charge is 0.481 e. The third kappa shape index (κ3) is 7.34. The number of benzene rings is 1. The molecule has 0 spiro atoms. The summed E-state index contributed by atoms with van der Waals surface area (Å²) < 4.78 is 33.3. The van der Waals surface area contributed by atoms with E-state index in [9.17, 15) is 38.5 Å². The number of aliphatic carboxylic acids is 3. The molecule has 1 aliphatic rings. The summed E-state index contributed by atoms with van der Waals surface area (Å²) in [7, 11) is 0. The van der Waals surface area contributed by atoms with Crippen LogP contribution in [0.1, 0.15) is 48.9 Å². The van der Waals surface area contributed by atoms with Gasteiger partial charge in [0, 0.05) is 25.1 Å². The van der Waals surface area contributed by atoms with Gasteiger partial charge in [-0.2, -0.15) is 0 Å². The number of aryl methyl sites for hydroxylation is 1. The maximum absolute atomic E-state index is 14.3. The van der Waals surface area contributed by atoms with Crippen LogP contribution in [0.25, 0.3) is 0 Å². The first-order valence-electron chi connectivity index (χ1n) is 12.5. The van der Waals surface area contributed by atoms with Gasteiger partial charge in [-0.3, -0.25) is 19.5 Å². The minimum atomic E-state index is -3.23. The number of hydrogen-bond donors (Lipinski definition) is 4. The van der Waals surface area contributed by atoms with E-state index in [1.54, 1.807) is 12.1 Å². The van der Waals surface area contributed by atoms with Gasteiger partial charge < -0.3 is 25.2 Å². The molecular formula is C27H32F2N2O8. The lowest BCUT2D eigenvalue weighted by molar-refractivity contribution is -0.173. The molecule has 39 heavy (non-hydrogen) atoms. The molecule has 1 fully saturated rings. The Morgan fingerprint density at radius 2 is 1.85 bits per heavy atom. The Hall–Kier alpha value is -3.48. The van der Waals surface area contributed by atoms with Crippen molar-refractivity contribution < 1.29 is 48.3 Å². The van der Waals surface area contributed by atoms with Crippen LogP contribution >= 0.6 is 0 Å². The van der Waals surface area contributed by atoms with Crippen molar-refractivity contribution >= 4 is 17.9 Å². The van der Waals surface area contributed by atoms with Crippen LogP contribution in [-0.2, 0) is 32.1 Å². The molecule has 0 radical (unpaired) electrons. The topological polar surface area (TPSA) is 157 Å². The summed E-state index contributed by atoms with van der Waals surface area (Å²) in [5.41, 5.74) is -2.97. The van der Waals surface area contributed by atoms with E-state index in [1.807, 2.05) is 11.8 Å². The predicted molar refractivity (Wildman–Crippen MR) is 133 cm³/mol. The van der Waals surface area contributed by atoms with Gasteiger partial charge in [-0.1, -0.05) is 12.1 Å². The van der Waals surface area contributed by atoms with Gasteiger partial charge in [0.1, 0.15) is 17.6 Å². The number of hydrogen-bond acceptors (Lipinski definition) is 7. The molecule has 1 aromatic heterocycles. The lowest BCUT2D eigenvalue weighted by atomic mass is 9.80. The van der Waals surface area contributed by atoms with Gasteiger partial charge in [0.05, 0.1) is 24.9 Å². The summed E-state index contributed by atoms with van der Waals surface area (Å²) in [4.78, 5) is 41.1. The van der Waals surface area contributed by atoms with E-state index in [2.05, 4.69) is 4.98 Å². The van der Waals surface area contributed by atoms with Crippen LogP contribution in [0.15, 0.2) is 36.5 Å². The minimum Gasteiger partial charge on any atom is -0.481 e. The minimum absolute atomic E-state index is 0.0168. The van der Waals surface area contributed by atoms with Crippen LogP contribution < -0.4 is 0 Å². The molecule has 212 valence electrons. The Kier molecular flexibility index (Phi) is 9.70. The van der Waals surface area contributed by atoms with Crippen molar-refractivity contribution in [2.75, 3.05) is 26.3 Å². The molecular weight excluding hydrogens is 518 g/mol. The van der Waals surface area contributed by atoms with E-state index < -0.39 is 47.4 Å². The molecule has 12 heteroatoms. The average molecular weight is 551 g/mol.